The minimum Gasteiger partial charge on any atom is -0.440 e. The van der Waals surface area contributed by atoms with Crippen LogP contribution in [0, 0.1) is 6.92 Å². The number of benzene rings is 3. The van der Waals surface area contributed by atoms with E-state index < -0.39 is 9.84 Å². The lowest BCUT2D eigenvalue weighted by atomic mass is 10.0. The van der Waals surface area contributed by atoms with Crippen LogP contribution in [0.15, 0.2) is 82.1 Å². The molecule has 4 aromatic rings. The van der Waals surface area contributed by atoms with Crippen molar-refractivity contribution in [2.24, 2.45) is 0 Å². The van der Waals surface area contributed by atoms with Gasteiger partial charge in [0.15, 0.2) is 21.5 Å². The second-order valence-corrected chi connectivity index (χ2v) is 9.60. The number of sulfone groups is 1. The predicted octanol–water partition coefficient (Wildman–Crippen LogP) is 5.96. The second-order valence-electron chi connectivity index (χ2n) is 7.18. The van der Waals surface area contributed by atoms with E-state index >= 15 is 0 Å². The topological polar surface area (TPSA) is 60.2 Å². The van der Waals surface area contributed by atoms with E-state index in [1.807, 2.05) is 49.4 Å². The van der Waals surface area contributed by atoms with Crippen molar-refractivity contribution in [1.29, 1.82) is 0 Å². The number of oxazole rings is 1. The molecule has 0 saturated heterocycles. The van der Waals surface area contributed by atoms with Gasteiger partial charge in [0.1, 0.15) is 5.69 Å². The summed E-state index contributed by atoms with van der Waals surface area (Å²) >= 11 is 6.13. The summed E-state index contributed by atoms with van der Waals surface area (Å²) in [5.74, 6) is 1.05. The van der Waals surface area contributed by atoms with Gasteiger partial charge in [0.25, 0.3) is 0 Å². The first-order valence-corrected chi connectivity index (χ1v) is 11.7. The normalized spacial score (nSPS) is 11.6. The van der Waals surface area contributed by atoms with E-state index in [0.717, 1.165) is 16.7 Å². The average molecular weight is 438 g/mol. The maximum Gasteiger partial charge on any atom is 0.199 e. The third kappa shape index (κ3) is 4.18. The molecule has 152 valence electrons. The first kappa shape index (κ1) is 20.4. The zero-order valence-corrected chi connectivity index (χ0v) is 18.2. The van der Waals surface area contributed by atoms with Crippen LogP contribution in [0.3, 0.4) is 0 Å². The van der Waals surface area contributed by atoms with Crippen molar-refractivity contribution in [2.45, 2.75) is 18.2 Å². The van der Waals surface area contributed by atoms with E-state index in [2.05, 4.69) is 0 Å². The van der Waals surface area contributed by atoms with Crippen LogP contribution < -0.4 is 0 Å². The summed E-state index contributed by atoms with van der Waals surface area (Å²) in [7, 11) is -3.45. The van der Waals surface area contributed by atoms with E-state index in [9.17, 15) is 8.42 Å². The Labute approximate surface area is 181 Å². The van der Waals surface area contributed by atoms with Crippen LogP contribution >= 0.6 is 11.6 Å². The Morgan fingerprint density at radius 1 is 0.933 bits per heavy atom. The summed E-state index contributed by atoms with van der Waals surface area (Å²) < 4.78 is 31.0. The van der Waals surface area contributed by atoms with Crippen LogP contribution in [-0.2, 0) is 16.3 Å². The number of hydrogen-bond donors (Lipinski definition) is 0. The number of rotatable bonds is 5. The smallest absolute Gasteiger partial charge is 0.199 e. The molecule has 0 fully saturated rings. The fourth-order valence-electron chi connectivity index (χ4n) is 3.44. The van der Waals surface area contributed by atoms with Crippen LogP contribution in [0.4, 0.5) is 0 Å². The van der Waals surface area contributed by atoms with E-state index in [-0.39, 0.29) is 4.90 Å². The van der Waals surface area contributed by atoms with Gasteiger partial charge in [-0.3, -0.25) is 0 Å². The second kappa shape index (κ2) is 8.09. The monoisotopic (exact) mass is 437 g/mol. The van der Waals surface area contributed by atoms with E-state index in [4.69, 9.17) is 21.0 Å². The Morgan fingerprint density at radius 3 is 2.33 bits per heavy atom. The minimum absolute atomic E-state index is 0.220. The Kier molecular flexibility index (Phi) is 5.50. The molecule has 0 bridgehead atoms. The van der Waals surface area contributed by atoms with Gasteiger partial charge in [-0.15, -0.1) is 0 Å². The van der Waals surface area contributed by atoms with Crippen molar-refractivity contribution in [2.75, 3.05) is 6.26 Å². The van der Waals surface area contributed by atoms with Gasteiger partial charge >= 0.3 is 0 Å². The van der Waals surface area contributed by atoms with E-state index in [1.165, 1.54) is 6.26 Å². The molecule has 6 heteroatoms. The van der Waals surface area contributed by atoms with Gasteiger partial charge in [0.2, 0.25) is 0 Å². The summed E-state index contributed by atoms with van der Waals surface area (Å²) in [5, 5.41) is 0.623. The van der Waals surface area contributed by atoms with Gasteiger partial charge in [0.05, 0.1) is 4.90 Å². The van der Waals surface area contributed by atoms with Crippen LogP contribution in [-0.4, -0.2) is 19.7 Å². The molecule has 0 saturated carbocycles. The molecule has 0 radical (unpaired) electrons. The molecule has 0 aliphatic carbocycles. The number of aryl methyl sites for hydroxylation is 1. The highest BCUT2D eigenvalue weighted by atomic mass is 35.5. The molecule has 30 heavy (non-hydrogen) atoms. The highest BCUT2D eigenvalue weighted by Crippen LogP contribution is 2.38. The maximum atomic E-state index is 12.4. The number of halogens is 1. The Balaban J connectivity index is 1.93. The quantitative estimate of drug-likeness (QED) is 0.386. The van der Waals surface area contributed by atoms with E-state index in [0.29, 0.717) is 34.4 Å². The van der Waals surface area contributed by atoms with Crippen LogP contribution in [0.5, 0.6) is 0 Å². The molecule has 0 unspecified atom stereocenters. The van der Waals surface area contributed by atoms with Crippen molar-refractivity contribution in [3.63, 3.8) is 0 Å². The number of hydrogen-bond acceptors (Lipinski definition) is 4. The molecule has 0 amide bonds. The zero-order valence-electron chi connectivity index (χ0n) is 16.6. The first-order valence-electron chi connectivity index (χ1n) is 9.42. The third-order valence-electron chi connectivity index (χ3n) is 4.84. The summed E-state index contributed by atoms with van der Waals surface area (Å²) in [5.41, 5.74) is 3.83. The Morgan fingerprint density at radius 2 is 1.63 bits per heavy atom. The van der Waals surface area contributed by atoms with Gasteiger partial charge in [-0.25, -0.2) is 13.4 Å². The van der Waals surface area contributed by atoms with Crippen LogP contribution in [0.25, 0.3) is 22.6 Å². The molecular formula is C24H20ClNO3S. The molecule has 4 nitrogen and oxygen atoms in total. The van der Waals surface area contributed by atoms with Crippen molar-refractivity contribution in [3.05, 3.63) is 94.8 Å². The molecule has 0 aliphatic heterocycles. The van der Waals surface area contributed by atoms with Gasteiger partial charge < -0.3 is 4.42 Å². The average Bonchev–Trinajstić information content (AvgIpc) is 3.11. The fraction of sp³-hybridized carbons (Fsp3) is 0.125. The molecule has 3 aromatic carbocycles. The molecule has 0 atom stereocenters. The minimum atomic E-state index is -3.45. The van der Waals surface area contributed by atoms with Gasteiger partial charge in [-0.1, -0.05) is 60.1 Å². The number of nitrogens with zero attached hydrogens (tertiary/aromatic N) is 1. The summed E-state index contributed by atoms with van der Waals surface area (Å²) in [4.78, 5) is 4.95. The Bertz CT molecular complexity index is 1310. The molecular weight excluding hydrogens is 418 g/mol. The first-order chi connectivity index (χ1) is 14.3. The van der Waals surface area contributed by atoms with Crippen LogP contribution in [0.2, 0.25) is 5.02 Å². The Hall–Kier alpha value is -2.89. The highest BCUT2D eigenvalue weighted by Gasteiger charge is 2.23. The van der Waals surface area contributed by atoms with Crippen molar-refractivity contribution in [1.82, 2.24) is 4.98 Å². The summed E-state index contributed by atoms with van der Waals surface area (Å²) in [6.07, 6.45) is 1.70. The summed E-state index contributed by atoms with van der Waals surface area (Å²) in [6, 6.07) is 22.2. The standard InChI is InChI=1S/C24H20ClNO3S/c1-16-14-18(25)12-13-19(16)24-23(20-10-6-7-11-21(20)30(2,27)28)26-22(29-24)15-17-8-4-3-5-9-17/h3-14H,15H2,1-2H3. The van der Waals surface area contributed by atoms with E-state index in [1.54, 1.807) is 30.3 Å². The largest absolute Gasteiger partial charge is 0.440 e. The SMILES string of the molecule is Cc1cc(Cl)ccc1-c1oc(Cc2ccccc2)nc1-c1ccccc1S(C)(=O)=O. The predicted molar refractivity (Wildman–Crippen MR) is 119 cm³/mol. The van der Waals surface area contributed by atoms with Crippen molar-refractivity contribution >= 4 is 21.4 Å². The van der Waals surface area contributed by atoms with Gasteiger partial charge in [0, 0.05) is 28.8 Å². The zero-order chi connectivity index (χ0) is 21.3. The maximum absolute atomic E-state index is 12.4. The molecule has 1 aromatic heterocycles. The highest BCUT2D eigenvalue weighted by molar-refractivity contribution is 7.90. The lowest BCUT2D eigenvalue weighted by Crippen LogP contribution is -2.00. The molecule has 0 N–H and O–H groups in total. The molecule has 0 aliphatic rings. The third-order valence-corrected chi connectivity index (χ3v) is 6.23. The summed E-state index contributed by atoms with van der Waals surface area (Å²) in [6.45, 7) is 1.94. The van der Waals surface area contributed by atoms with Gasteiger partial charge in [-0.05, 0) is 42.3 Å². The number of aromatic nitrogens is 1. The van der Waals surface area contributed by atoms with Gasteiger partial charge in [-0.2, -0.15) is 0 Å². The van der Waals surface area contributed by atoms with Crippen molar-refractivity contribution in [3.8, 4) is 22.6 Å². The fourth-order valence-corrected chi connectivity index (χ4v) is 4.56. The molecule has 1 heterocycles. The lowest BCUT2D eigenvalue weighted by molar-refractivity contribution is 0.519. The van der Waals surface area contributed by atoms with Crippen LogP contribution in [0.1, 0.15) is 17.0 Å². The van der Waals surface area contributed by atoms with Crippen molar-refractivity contribution < 1.29 is 12.8 Å². The molecule has 0 spiro atoms. The lowest BCUT2D eigenvalue weighted by Gasteiger charge is -2.08. The molecule has 4 rings (SSSR count).